The van der Waals surface area contributed by atoms with Crippen molar-refractivity contribution in [2.24, 2.45) is 0 Å². The summed E-state index contributed by atoms with van der Waals surface area (Å²) in [6.45, 7) is 5.07. The Kier molecular flexibility index (Phi) is 5.84. The van der Waals surface area contributed by atoms with E-state index in [2.05, 4.69) is 64.4 Å². The highest BCUT2D eigenvalue weighted by Crippen LogP contribution is 2.37. The van der Waals surface area contributed by atoms with Crippen LogP contribution in [0.5, 0.6) is 0 Å². The summed E-state index contributed by atoms with van der Waals surface area (Å²) in [6.07, 6.45) is 2.25. The van der Waals surface area contributed by atoms with Gasteiger partial charge in [0.15, 0.2) is 0 Å². The number of piperazine rings is 1. The highest BCUT2D eigenvalue weighted by atomic mass is 35.5. The third kappa shape index (κ3) is 4.02. The Morgan fingerprint density at radius 3 is 1.93 bits per heavy atom. The first-order chi connectivity index (χ1) is 14.7. The Hall–Kier alpha value is -1.84. The molecule has 0 saturated carbocycles. The molecule has 0 unspecified atom stereocenters. The lowest BCUT2D eigenvalue weighted by atomic mass is 9.92. The predicted molar refractivity (Wildman–Crippen MR) is 125 cm³/mol. The Labute approximate surface area is 189 Å². The van der Waals surface area contributed by atoms with Crippen molar-refractivity contribution in [3.05, 3.63) is 105 Å². The zero-order valence-corrected chi connectivity index (χ0v) is 18.5. The quantitative estimate of drug-likeness (QED) is 0.496. The monoisotopic (exact) mass is 436 g/mol. The zero-order chi connectivity index (χ0) is 20.5. The van der Waals surface area contributed by atoms with Gasteiger partial charge in [-0.05, 0) is 52.8 Å². The van der Waals surface area contributed by atoms with Gasteiger partial charge in [-0.1, -0.05) is 77.8 Å². The minimum Gasteiger partial charge on any atom is -0.296 e. The third-order valence-corrected chi connectivity index (χ3v) is 7.13. The molecule has 1 aliphatic carbocycles. The van der Waals surface area contributed by atoms with Gasteiger partial charge in [0.05, 0.1) is 6.04 Å². The molecule has 1 saturated heterocycles. The van der Waals surface area contributed by atoms with Gasteiger partial charge in [0.25, 0.3) is 0 Å². The second kappa shape index (κ2) is 8.72. The van der Waals surface area contributed by atoms with Crippen molar-refractivity contribution in [3.63, 3.8) is 0 Å². The number of hydrogen-bond acceptors (Lipinski definition) is 2. The maximum atomic E-state index is 6.41. The summed E-state index contributed by atoms with van der Waals surface area (Å²) in [4.78, 5) is 5.17. The molecule has 0 amide bonds. The zero-order valence-electron chi connectivity index (χ0n) is 17.0. The molecule has 0 radical (unpaired) electrons. The maximum Gasteiger partial charge on any atom is 0.0608 e. The first kappa shape index (κ1) is 20.1. The number of fused-ring (bicyclic) bond motifs is 2. The van der Waals surface area contributed by atoms with E-state index in [0.29, 0.717) is 11.1 Å². The number of aryl methyl sites for hydroxylation is 2. The van der Waals surface area contributed by atoms with Crippen LogP contribution in [0.15, 0.2) is 66.7 Å². The molecule has 4 heteroatoms. The fraction of sp³-hybridized carbons (Fsp3) is 0.308. The first-order valence-corrected chi connectivity index (χ1v) is 11.5. The lowest BCUT2D eigenvalue weighted by Crippen LogP contribution is -2.47. The Balaban J connectivity index is 1.37. The molecule has 3 aromatic carbocycles. The molecule has 0 N–H and O–H groups in total. The first-order valence-electron chi connectivity index (χ1n) is 10.7. The minimum atomic E-state index is 0.348. The highest BCUT2D eigenvalue weighted by molar-refractivity contribution is 6.35. The molecule has 5 rings (SSSR count). The molecule has 0 aromatic heterocycles. The summed E-state index contributed by atoms with van der Waals surface area (Å²) in [5.41, 5.74) is 7.11. The van der Waals surface area contributed by atoms with E-state index in [1.54, 1.807) is 0 Å². The smallest absolute Gasteiger partial charge is 0.0608 e. The normalized spacial score (nSPS) is 17.9. The maximum absolute atomic E-state index is 6.41. The predicted octanol–water partition coefficient (Wildman–Crippen LogP) is 6.00. The fourth-order valence-electron chi connectivity index (χ4n) is 4.96. The topological polar surface area (TPSA) is 6.48 Å². The summed E-state index contributed by atoms with van der Waals surface area (Å²) in [5.74, 6) is 0. The molecular weight excluding hydrogens is 411 g/mol. The molecule has 0 atom stereocenters. The Bertz CT molecular complexity index is 993. The molecule has 154 valence electrons. The van der Waals surface area contributed by atoms with E-state index >= 15 is 0 Å². The van der Waals surface area contributed by atoms with Gasteiger partial charge in [0.2, 0.25) is 0 Å². The van der Waals surface area contributed by atoms with Gasteiger partial charge in [-0.15, -0.1) is 0 Å². The van der Waals surface area contributed by atoms with Crippen LogP contribution in [0.1, 0.15) is 33.9 Å². The van der Waals surface area contributed by atoms with E-state index in [-0.39, 0.29) is 0 Å². The van der Waals surface area contributed by atoms with E-state index in [1.165, 1.54) is 22.3 Å². The summed E-state index contributed by atoms with van der Waals surface area (Å²) in [5, 5.41) is 1.45. The van der Waals surface area contributed by atoms with Crippen LogP contribution >= 0.6 is 23.2 Å². The van der Waals surface area contributed by atoms with Gasteiger partial charge >= 0.3 is 0 Å². The number of rotatable bonds is 3. The molecule has 2 aliphatic rings. The molecule has 0 bridgehead atoms. The van der Waals surface area contributed by atoms with Crippen molar-refractivity contribution in [2.45, 2.75) is 25.4 Å². The van der Waals surface area contributed by atoms with Gasteiger partial charge in [0, 0.05) is 42.8 Å². The van der Waals surface area contributed by atoms with Gasteiger partial charge in [-0.2, -0.15) is 0 Å². The van der Waals surface area contributed by atoms with E-state index < -0.39 is 0 Å². The lowest BCUT2D eigenvalue weighted by molar-refractivity contribution is 0.104. The number of nitrogens with zero attached hydrogens (tertiary/aromatic N) is 2. The van der Waals surface area contributed by atoms with Gasteiger partial charge in [-0.3, -0.25) is 9.80 Å². The second-order valence-corrected chi connectivity index (χ2v) is 9.19. The van der Waals surface area contributed by atoms with Gasteiger partial charge < -0.3 is 0 Å². The number of halogens is 2. The van der Waals surface area contributed by atoms with Crippen LogP contribution < -0.4 is 0 Å². The van der Waals surface area contributed by atoms with E-state index in [4.69, 9.17) is 23.2 Å². The number of hydrogen-bond donors (Lipinski definition) is 0. The van der Waals surface area contributed by atoms with E-state index in [9.17, 15) is 0 Å². The summed E-state index contributed by atoms with van der Waals surface area (Å²) < 4.78 is 0. The van der Waals surface area contributed by atoms with Crippen molar-refractivity contribution in [2.75, 3.05) is 26.2 Å². The van der Waals surface area contributed by atoms with Crippen molar-refractivity contribution in [3.8, 4) is 0 Å². The van der Waals surface area contributed by atoms with Crippen LogP contribution in [0.2, 0.25) is 10.0 Å². The molecular formula is C26H26Cl2N2. The SMILES string of the molecule is Clc1ccc(CN2CCN(C3c4ccccc4CCc4ccccc43)CC2)c(Cl)c1. The third-order valence-electron chi connectivity index (χ3n) is 6.54. The number of benzene rings is 3. The summed E-state index contributed by atoms with van der Waals surface area (Å²) in [6, 6.07) is 24.2. The van der Waals surface area contributed by atoms with Crippen LogP contribution in [-0.4, -0.2) is 36.0 Å². The Morgan fingerprint density at radius 2 is 1.33 bits per heavy atom. The lowest BCUT2D eigenvalue weighted by Gasteiger charge is -2.40. The van der Waals surface area contributed by atoms with Crippen molar-refractivity contribution >= 4 is 23.2 Å². The standard InChI is InChI=1S/C26H26Cl2N2/c27-22-12-11-21(25(28)17-22)18-29-13-15-30(16-14-29)26-23-7-3-1-5-19(23)9-10-20-6-2-4-8-24(20)26/h1-8,11-12,17,26H,9-10,13-16,18H2. The van der Waals surface area contributed by atoms with E-state index in [1.807, 2.05) is 12.1 Å². The Morgan fingerprint density at radius 1 is 0.733 bits per heavy atom. The van der Waals surface area contributed by atoms with Crippen LogP contribution in [0.3, 0.4) is 0 Å². The molecule has 30 heavy (non-hydrogen) atoms. The molecule has 0 spiro atoms. The average Bonchev–Trinajstić information content (AvgIpc) is 2.93. The van der Waals surface area contributed by atoms with Crippen LogP contribution in [0.4, 0.5) is 0 Å². The fourth-order valence-corrected chi connectivity index (χ4v) is 5.43. The molecule has 1 aliphatic heterocycles. The largest absolute Gasteiger partial charge is 0.296 e. The minimum absolute atomic E-state index is 0.348. The van der Waals surface area contributed by atoms with E-state index in [0.717, 1.165) is 56.2 Å². The van der Waals surface area contributed by atoms with Crippen molar-refractivity contribution < 1.29 is 0 Å². The van der Waals surface area contributed by atoms with Crippen LogP contribution in [-0.2, 0) is 19.4 Å². The average molecular weight is 437 g/mol. The van der Waals surface area contributed by atoms with Gasteiger partial charge in [-0.25, -0.2) is 0 Å². The van der Waals surface area contributed by atoms with Crippen molar-refractivity contribution in [1.29, 1.82) is 0 Å². The molecule has 2 nitrogen and oxygen atoms in total. The molecule has 3 aromatic rings. The summed E-state index contributed by atoms with van der Waals surface area (Å²) >= 11 is 12.5. The highest BCUT2D eigenvalue weighted by Gasteiger charge is 2.30. The van der Waals surface area contributed by atoms with Crippen LogP contribution in [0, 0.1) is 0 Å². The van der Waals surface area contributed by atoms with Crippen molar-refractivity contribution in [1.82, 2.24) is 9.80 Å². The van der Waals surface area contributed by atoms with Crippen LogP contribution in [0.25, 0.3) is 0 Å². The second-order valence-electron chi connectivity index (χ2n) is 8.35. The molecule has 1 heterocycles. The summed E-state index contributed by atoms with van der Waals surface area (Å²) in [7, 11) is 0. The van der Waals surface area contributed by atoms with Gasteiger partial charge in [0.1, 0.15) is 0 Å². The molecule has 1 fully saturated rings.